The van der Waals surface area contributed by atoms with Crippen LogP contribution < -0.4 is 11.1 Å². The van der Waals surface area contributed by atoms with Gasteiger partial charge in [0.15, 0.2) is 0 Å². The van der Waals surface area contributed by atoms with Gasteiger partial charge in [0, 0.05) is 20.3 Å². The summed E-state index contributed by atoms with van der Waals surface area (Å²) in [5.74, 6) is 0. The van der Waals surface area contributed by atoms with E-state index < -0.39 is 0 Å². The number of methoxy groups -OCH3 is 1. The van der Waals surface area contributed by atoms with Crippen molar-refractivity contribution in [3.8, 4) is 0 Å². The Morgan fingerprint density at radius 1 is 1.42 bits per heavy atom. The maximum atomic E-state index is 6.15. The fourth-order valence-corrected chi connectivity index (χ4v) is 2.60. The van der Waals surface area contributed by atoms with Crippen LogP contribution in [0.1, 0.15) is 20.3 Å². The number of rotatable bonds is 6. The van der Waals surface area contributed by atoms with Gasteiger partial charge in [-0.15, -0.1) is 11.3 Å². The molecule has 0 bridgehead atoms. The number of aromatic nitrogens is 1. The van der Waals surface area contributed by atoms with Gasteiger partial charge >= 0.3 is 0 Å². The summed E-state index contributed by atoms with van der Waals surface area (Å²) in [6.07, 6.45) is 1.01. The van der Waals surface area contributed by atoms with Gasteiger partial charge in [-0.1, -0.05) is 13.8 Å². The standard InChI is InChI=1S/C14H21N3OS/c1-14(2,6-7-18-3)8-16-10-4-5-11-13(12(10)15)17-9-19-11/h4-5,9,16H,6-8,15H2,1-3H3. The highest BCUT2D eigenvalue weighted by atomic mass is 32.1. The zero-order valence-corrected chi connectivity index (χ0v) is 12.5. The van der Waals surface area contributed by atoms with Gasteiger partial charge < -0.3 is 15.8 Å². The molecule has 0 unspecified atom stereocenters. The van der Waals surface area contributed by atoms with Gasteiger partial charge in [-0.3, -0.25) is 0 Å². The van der Waals surface area contributed by atoms with E-state index in [2.05, 4.69) is 30.2 Å². The Morgan fingerprint density at radius 3 is 2.95 bits per heavy atom. The van der Waals surface area contributed by atoms with Crippen LogP contribution in [0.2, 0.25) is 0 Å². The molecule has 0 spiro atoms. The molecule has 0 atom stereocenters. The summed E-state index contributed by atoms with van der Waals surface area (Å²) in [6, 6.07) is 4.09. The summed E-state index contributed by atoms with van der Waals surface area (Å²) in [6.45, 7) is 6.07. The lowest BCUT2D eigenvalue weighted by Crippen LogP contribution is -2.25. The number of ether oxygens (including phenoxy) is 1. The first-order chi connectivity index (χ1) is 9.03. The Balaban J connectivity index is 2.07. The average molecular weight is 279 g/mol. The highest BCUT2D eigenvalue weighted by molar-refractivity contribution is 7.16. The van der Waals surface area contributed by atoms with Gasteiger partial charge in [-0.2, -0.15) is 0 Å². The van der Waals surface area contributed by atoms with E-state index in [0.29, 0.717) is 0 Å². The molecule has 2 rings (SSSR count). The molecule has 0 radical (unpaired) electrons. The quantitative estimate of drug-likeness (QED) is 0.796. The van der Waals surface area contributed by atoms with Crippen molar-refractivity contribution in [1.29, 1.82) is 0 Å². The smallest absolute Gasteiger partial charge is 0.106 e. The second kappa shape index (κ2) is 5.75. The first-order valence-corrected chi connectivity index (χ1v) is 7.26. The van der Waals surface area contributed by atoms with Crippen molar-refractivity contribution < 1.29 is 4.74 Å². The van der Waals surface area contributed by atoms with E-state index in [1.165, 1.54) is 0 Å². The Hall–Kier alpha value is -1.33. The van der Waals surface area contributed by atoms with Crippen LogP contribution in [-0.4, -0.2) is 25.2 Å². The van der Waals surface area contributed by atoms with E-state index in [0.717, 1.165) is 41.2 Å². The number of nitrogens with two attached hydrogens (primary N) is 1. The molecule has 19 heavy (non-hydrogen) atoms. The number of hydrogen-bond donors (Lipinski definition) is 2. The van der Waals surface area contributed by atoms with E-state index in [1.54, 1.807) is 18.4 Å². The van der Waals surface area contributed by atoms with Gasteiger partial charge in [-0.05, 0) is 24.0 Å². The predicted molar refractivity (Wildman–Crippen MR) is 82.8 cm³/mol. The number of thiazole rings is 1. The number of nitrogen functional groups attached to an aromatic ring is 1. The summed E-state index contributed by atoms with van der Waals surface area (Å²) in [4.78, 5) is 4.31. The maximum Gasteiger partial charge on any atom is 0.106 e. The molecule has 0 saturated carbocycles. The number of nitrogens with zero attached hydrogens (tertiary/aromatic N) is 1. The van der Waals surface area contributed by atoms with Gasteiger partial charge in [-0.25, -0.2) is 4.98 Å². The van der Waals surface area contributed by atoms with Crippen molar-refractivity contribution in [2.24, 2.45) is 5.41 Å². The topological polar surface area (TPSA) is 60.2 Å². The lowest BCUT2D eigenvalue weighted by Gasteiger charge is -2.25. The third kappa shape index (κ3) is 3.36. The van der Waals surface area contributed by atoms with E-state index in [-0.39, 0.29) is 5.41 Å². The first kappa shape index (κ1) is 14.1. The number of fused-ring (bicyclic) bond motifs is 1. The van der Waals surface area contributed by atoms with Crippen LogP contribution in [0.4, 0.5) is 11.4 Å². The number of nitrogens with one attached hydrogen (secondary N) is 1. The van der Waals surface area contributed by atoms with Crippen molar-refractivity contribution >= 4 is 32.9 Å². The zero-order valence-electron chi connectivity index (χ0n) is 11.7. The summed E-state index contributed by atoms with van der Waals surface area (Å²) < 4.78 is 6.27. The molecular formula is C14H21N3OS. The van der Waals surface area contributed by atoms with Crippen LogP contribution in [0, 0.1) is 5.41 Å². The van der Waals surface area contributed by atoms with Gasteiger partial charge in [0.05, 0.1) is 21.6 Å². The third-order valence-corrected chi connectivity index (χ3v) is 4.08. The van der Waals surface area contributed by atoms with Crippen LogP contribution in [0.5, 0.6) is 0 Å². The lowest BCUT2D eigenvalue weighted by molar-refractivity contribution is 0.157. The number of benzene rings is 1. The summed E-state index contributed by atoms with van der Waals surface area (Å²) in [7, 11) is 1.73. The molecule has 0 aliphatic heterocycles. The molecule has 0 aliphatic rings. The van der Waals surface area contributed by atoms with Crippen molar-refractivity contribution in [1.82, 2.24) is 4.98 Å². The summed E-state index contributed by atoms with van der Waals surface area (Å²) in [5, 5.41) is 3.43. The zero-order chi connectivity index (χ0) is 13.9. The monoisotopic (exact) mass is 279 g/mol. The first-order valence-electron chi connectivity index (χ1n) is 6.38. The number of hydrogen-bond acceptors (Lipinski definition) is 5. The summed E-state index contributed by atoms with van der Waals surface area (Å²) >= 11 is 1.61. The molecule has 0 saturated heterocycles. The van der Waals surface area contributed by atoms with E-state index in [4.69, 9.17) is 10.5 Å². The minimum Gasteiger partial charge on any atom is -0.395 e. The Kier molecular flexibility index (Phi) is 4.27. The highest BCUT2D eigenvalue weighted by Gasteiger charge is 2.18. The molecule has 2 aromatic rings. The molecule has 0 aliphatic carbocycles. The van der Waals surface area contributed by atoms with Gasteiger partial charge in [0.25, 0.3) is 0 Å². The Morgan fingerprint density at radius 2 is 2.21 bits per heavy atom. The highest BCUT2D eigenvalue weighted by Crippen LogP contribution is 2.31. The molecule has 1 aromatic heterocycles. The molecule has 0 amide bonds. The molecule has 4 nitrogen and oxygen atoms in total. The van der Waals surface area contributed by atoms with E-state index >= 15 is 0 Å². The minimum absolute atomic E-state index is 0.166. The molecule has 5 heteroatoms. The fraction of sp³-hybridized carbons (Fsp3) is 0.500. The molecular weight excluding hydrogens is 258 g/mol. The van der Waals surface area contributed by atoms with Crippen LogP contribution in [0.25, 0.3) is 10.2 Å². The lowest BCUT2D eigenvalue weighted by atomic mass is 9.89. The van der Waals surface area contributed by atoms with Crippen LogP contribution in [0.3, 0.4) is 0 Å². The van der Waals surface area contributed by atoms with Crippen molar-refractivity contribution in [3.63, 3.8) is 0 Å². The Bertz CT molecular complexity index is 551. The third-order valence-electron chi connectivity index (χ3n) is 3.28. The van der Waals surface area contributed by atoms with Crippen molar-refractivity contribution in [3.05, 3.63) is 17.6 Å². The Labute approximate surface area is 118 Å². The van der Waals surface area contributed by atoms with Gasteiger partial charge in [0.1, 0.15) is 5.52 Å². The average Bonchev–Trinajstić information content (AvgIpc) is 2.85. The molecule has 3 N–H and O–H groups in total. The van der Waals surface area contributed by atoms with Crippen LogP contribution in [0.15, 0.2) is 17.6 Å². The normalized spacial score (nSPS) is 11.9. The van der Waals surface area contributed by atoms with Gasteiger partial charge in [0.2, 0.25) is 0 Å². The maximum absolute atomic E-state index is 6.15. The molecule has 104 valence electrons. The molecule has 1 aromatic carbocycles. The molecule has 1 heterocycles. The van der Waals surface area contributed by atoms with Crippen LogP contribution >= 0.6 is 11.3 Å². The minimum atomic E-state index is 0.166. The van der Waals surface area contributed by atoms with Crippen molar-refractivity contribution in [2.75, 3.05) is 31.3 Å². The van der Waals surface area contributed by atoms with Crippen molar-refractivity contribution in [2.45, 2.75) is 20.3 Å². The second-order valence-corrected chi connectivity index (χ2v) is 6.37. The largest absolute Gasteiger partial charge is 0.395 e. The number of anilines is 2. The van der Waals surface area contributed by atoms with E-state index in [9.17, 15) is 0 Å². The predicted octanol–water partition coefficient (Wildman–Crippen LogP) is 3.35. The SMILES string of the molecule is COCCC(C)(C)CNc1ccc2scnc2c1N. The fourth-order valence-electron chi connectivity index (χ4n) is 1.91. The summed E-state index contributed by atoms with van der Waals surface area (Å²) in [5.41, 5.74) is 10.7. The molecule has 0 fully saturated rings. The van der Waals surface area contributed by atoms with Crippen LogP contribution in [-0.2, 0) is 4.74 Å². The second-order valence-electron chi connectivity index (χ2n) is 5.49. The van der Waals surface area contributed by atoms with E-state index in [1.807, 2.05) is 11.6 Å².